The maximum absolute atomic E-state index is 4.32. The molecule has 0 saturated heterocycles. The van der Waals surface area contributed by atoms with Crippen LogP contribution in [0.4, 0.5) is 51.2 Å². The van der Waals surface area contributed by atoms with Gasteiger partial charge in [0, 0.05) is 136 Å². The van der Waals surface area contributed by atoms with Crippen LogP contribution in [0, 0.1) is 0 Å². The molecule has 3 aliphatic rings. The van der Waals surface area contributed by atoms with Crippen LogP contribution in [0.2, 0.25) is 0 Å². The average Bonchev–Trinajstić information content (AvgIpc) is 1.54. The Kier molecular flexibility index (Phi) is 16.9. The molecule has 0 unspecified atom stereocenters. The van der Waals surface area contributed by atoms with E-state index in [0.717, 1.165) is 67.5 Å². The van der Waals surface area contributed by atoms with Gasteiger partial charge in [0.1, 0.15) is 0 Å². The monoisotopic (exact) mass is 1720 g/mol. The molecule has 12 heteroatoms. The number of hydrogen-bond donors (Lipinski definition) is 0. The van der Waals surface area contributed by atoms with Crippen molar-refractivity contribution in [2.75, 3.05) is 14.7 Å². The number of para-hydroxylation sites is 15. The van der Waals surface area contributed by atoms with Crippen molar-refractivity contribution in [2.24, 2.45) is 0 Å². The lowest BCUT2D eigenvalue weighted by Crippen LogP contribution is -2.18. The lowest BCUT2D eigenvalue weighted by atomic mass is 10.0. The third-order valence-corrected chi connectivity index (χ3v) is 27.9. The Morgan fingerprint density at radius 1 is 0.141 bits per heavy atom. The van der Waals surface area contributed by atoms with Crippen LogP contribution >= 0.6 is 0 Å². The van der Waals surface area contributed by atoms with Crippen LogP contribution in [0.3, 0.4) is 0 Å². The average molecular weight is 1720 g/mol. The van der Waals surface area contributed by atoms with Gasteiger partial charge >= 0.3 is 0 Å². The van der Waals surface area contributed by atoms with Gasteiger partial charge < -0.3 is 42.1 Å². The molecule has 0 amide bonds. The summed E-state index contributed by atoms with van der Waals surface area (Å²) in [5.41, 5.74) is 38.9. The van der Waals surface area contributed by atoms with Crippen LogP contribution in [-0.4, -0.2) is 42.4 Å². The fourth-order valence-corrected chi connectivity index (χ4v) is 22.2. The van der Waals surface area contributed by atoms with Gasteiger partial charge in [0.15, 0.2) is 0 Å². The quantitative estimate of drug-likeness (QED) is 0.143. The van der Waals surface area contributed by atoms with Crippen LogP contribution in [0.5, 0.6) is 0 Å². The molecule has 0 N–H and O–H groups in total. The summed E-state index contributed by atoms with van der Waals surface area (Å²) < 4.78 is 14.7. The molecule has 0 aliphatic carbocycles. The van der Waals surface area contributed by atoms with E-state index in [-0.39, 0.29) is 0 Å². The molecule has 27 aromatic rings. The highest BCUT2D eigenvalue weighted by Crippen LogP contribution is 2.56. The lowest BCUT2D eigenvalue weighted by molar-refractivity contribution is 1.11. The maximum Gasteiger partial charge on any atom is 0.0784 e. The van der Waals surface area contributed by atoms with Gasteiger partial charge in [-0.25, -0.2) is 0 Å². The largest absolute Gasteiger partial charge is 0.309 e. The molecule has 630 valence electrons. The van der Waals surface area contributed by atoms with Gasteiger partial charge in [-0.3, -0.25) is 15.0 Å². The van der Waals surface area contributed by atoms with Crippen LogP contribution in [-0.2, 0) is 0 Å². The van der Waals surface area contributed by atoms with Gasteiger partial charge in [-0.15, -0.1) is 0 Å². The summed E-state index contributed by atoms with van der Waals surface area (Å²) in [6, 6.07) is 158. The van der Waals surface area contributed by atoms with Crippen molar-refractivity contribution in [3.05, 3.63) is 474 Å². The molecule has 0 radical (unpaired) electrons. The van der Waals surface area contributed by atoms with E-state index in [1.54, 1.807) is 0 Å². The number of hydrogen-bond acceptors (Lipinski definition) is 6. The molecular weight excluding hydrogens is 1650 g/mol. The molecule has 0 spiro atoms. The van der Waals surface area contributed by atoms with Crippen molar-refractivity contribution in [3.63, 3.8) is 0 Å². The summed E-state index contributed by atoms with van der Waals surface area (Å²) in [5.74, 6) is 0. The summed E-state index contributed by atoms with van der Waals surface area (Å²) in [4.78, 5) is 20.2. The van der Waals surface area contributed by atoms with E-state index < -0.39 is 0 Å². The third-order valence-electron chi connectivity index (χ3n) is 27.9. The molecule has 135 heavy (non-hydrogen) atoms. The van der Waals surface area contributed by atoms with E-state index in [2.05, 4.69) is 476 Å². The second-order valence-electron chi connectivity index (χ2n) is 35.1. The summed E-state index contributed by atoms with van der Waals surface area (Å²) in [5, 5.41) is 15.1. The number of rotatable bonds is 9. The van der Waals surface area contributed by atoms with E-state index in [9.17, 15) is 0 Å². The topological polar surface area (TPSA) is 78.0 Å². The minimum Gasteiger partial charge on any atom is -0.309 e. The zero-order chi connectivity index (χ0) is 88.5. The fraction of sp³-hybridized carbons (Fsp3) is 0. The first-order valence-electron chi connectivity index (χ1n) is 45.9. The Hall–Kier alpha value is -18.4. The number of benzene rings is 18. The molecule has 18 aromatic carbocycles. The van der Waals surface area contributed by atoms with Crippen molar-refractivity contribution >= 4 is 182 Å². The molecule has 12 heterocycles. The van der Waals surface area contributed by atoms with Crippen molar-refractivity contribution < 1.29 is 0 Å². The van der Waals surface area contributed by atoms with E-state index in [4.69, 9.17) is 0 Å². The molecular formula is C123H78N12. The fourth-order valence-electron chi connectivity index (χ4n) is 22.2. The molecule has 0 fully saturated rings. The van der Waals surface area contributed by atoms with Crippen LogP contribution in [0.15, 0.2) is 474 Å². The van der Waals surface area contributed by atoms with E-state index in [0.29, 0.717) is 0 Å². The Labute approximate surface area is 775 Å². The molecule has 0 atom stereocenters. The van der Waals surface area contributed by atoms with Gasteiger partial charge in [0.2, 0.25) is 0 Å². The minimum atomic E-state index is 1.11. The summed E-state index contributed by atoms with van der Waals surface area (Å²) in [6.45, 7) is 0. The Bertz CT molecular complexity index is 9320. The van der Waals surface area contributed by atoms with Crippen molar-refractivity contribution in [1.82, 2.24) is 42.4 Å². The summed E-state index contributed by atoms with van der Waals surface area (Å²) >= 11 is 0. The SMILES string of the molecule is c1ccc(-n2c3ccccc3c3cc4c(cc32)c2cccc3c2n4-c2ccccc2N3c2ccc(-c3cccnc3)cc2)cc1.c1ccc(-n2c3ccccc3c3cc4c5cccc6c5n(c4cc32)-c2ccccc2N6c2ccc(-c3cccnc3)cc2)cc1.c1ccc(-n2c3ccccc3c3ccc4c(c5cccc6c5n4-c4ccccc4N6c4ccc(-c5cccnc5)cc4)c32)cc1. The highest BCUT2D eigenvalue weighted by atomic mass is 15.2. The van der Waals surface area contributed by atoms with E-state index >= 15 is 0 Å². The Balaban J connectivity index is 0.000000101. The highest BCUT2D eigenvalue weighted by molar-refractivity contribution is 6.30. The number of fused-ring (bicyclic) bond motifs is 25. The van der Waals surface area contributed by atoms with Crippen LogP contribution in [0.1, 0.15) is 0 Å². The predicted octanol–water partition coefficient (Wildman–Crippen LogP) is 32.2. The summed E-state index contributed by atoms with van der Waals surface area (Å²) in [6.07, 6.45) is 11.2. The van der Waals surface area contributed by atoms with Crippen molar-refractivity contribution in [3.8, 4) is 67.5 Å². The van der Waals surface area contributed by atoms with Gasteiger partial charge in [0.25, 0.3) is 0 Å². The van der Waals surface area contributed by atoms with Gasteiger partial charge in [-0.1, -0.05) is 243 Å². The first-order chi connectivity index (χ1) is 67.1. The molecule has 3 aliphatic heterocycles. The normalized spacial score (nSPS) is 12.4. The molecule has 30 rings (SSSR count). The molecule has 9 aromatic heterocycles. The van der Waals surface area contributed by atoms with Crippen LogP contribution in [0.25, 0.3) is 198 Å². The second kappa shape index (κ2) is 30.1. The smallest absolute Gasteiger partial charge is 0.0784 e. The molecule has 0 saturated carbocycles. The maximum atomic E-state index is 4.32. The van der Waals surface area contributed by atoms with E-state index in [1.165, 1.54) is 182 Å². The molecule has 12 nitrogen and oxygen atoms in total. The number of anilines is 9. The van der Waals surface area contributed by atoms with E-state index in [1.807, 2.05) is 55.4 Å². The standard InChI is InChI=1S/3C41H26N4/c1-2-11-29(12-3-1)44-34-15-5-4-13-31(34)32-23-24-37-39(41(32)44)33-14-8-18-38-40(33)45(37)36-17-7-6-16-35(36)43(38)30-21-19-27(20-22-30)28-10-9-25-42-26-28;1-2-11-29(12-3-1)43-35-15-5-4-13-31(35)33-24-40-34(25-39(33)43)32-14-8-18-38-41(32)45(40)37-17-7-6-16-36(37)44(38)30-21-19-27(20-22-30)28-10-9-23-42-26-28;1-2-11-29(12-3-1)43-35-15-5-4-13-31(35)33-24-34-32-14-8-18-38-41(32)45(40(34)25-39(33)43)37-17-7-6-16-36(37)44(38)30-21-19-27(20-22-30)28-10-9-23-42-26-28/h3*1-26H. The van der Waals surface area contributed by atoms with Gasteiger partial charge in [-0.05, 0) is 228 Å². The van der Waals surface area contributed by atoms with Crippen molar-refractivity contribution in [1.29, 1.82) is 0 Å². The van der Waals surface area contributed by atoms with Gasteiger partial charge in [-0.2, -0.15) is 0 Å². The Morgan fingerprint density at radius 3 is 0.859 bits per heavy atom. The second-order valence-corrected chi connectivity index (χ2v) is 35.1. The number of nitrogens with zero attached hydrogens (tertiary/aromatic N) is 12. The summed E-state index contributed by atoms with van der Waals surface area (Å²) in [7, 11) is 0. The first-order valence-corrected chi connectivity index (χ1v) is 45.9. The number of aromatic nitrogens is 9. The molecule has 0 bridgehead atoms. The van der Waals surface area contributed by atoms with Crippen molar-refractivity contribution in [2.45, 2.75) is 0 Å². The zero-order valence-corrected chi connectivity index (χ0v) is 72.9. The zero-order valence-electron chi connectivity index (χ0n) is 72.9. The first kappa shape index (κ1) is 75.6. The van der Waals surface area contributed by atoms with Gasteiger partial charge in [0.05, 0.1) is 117 Å². The highest BCUT2D eigenvalue weighted by Gasteiger charge is 2.35. The lowest BCUT2D eigenvalue weighted by Gasteiger charge is -2.33. The number of pyridine rings is 3. The minimum absolute atomic E-state index is 1.11. The van der Waals surface area contributed by atoms with Crippen LogP contribution < -0.4 is 14.7 Å². The predicted molar refractivity (Wildman–Crippen MR) is 560 cm³/mol. The third kappa shape index (κ3) is 11.5. The Morgan fingerprint density at radius 2 is 0.437 bits per heavy atom.